The minimum atomic E-state index is -2.40. The summed E-state index contributed by atoms with van der Waals surface area (Å²) < 4.78 is 14.7. The predicted octanol–water partition coefficient (Wildman–Crippen LogP) is 22.2. The third kappa shape index (κ3) is 53.6. The van der Waals surface area contributed by atoms with Gasteiger partial charge in [-0.3, -0.25) is 0 Å². The molecule has 0 aliphatic carbocycles. The van der Waals surface area contributed by atoms with Crippen LogP contribution in [0, 0.1) is 0 Å². The molecule has 0 saturated heterocycles. The third-order valence-electron chi connectivity index (χ3n) is 16.0. The maximum Gasteiger partial charge on any atom is 0.338 e. The second-order valence-electron chi connectivity index (χ2n) is 23.1. The quantitative estimate of drug-likeness (QED) is 0.0373. The first-order valence-corrected chi connectivity index (χ1v) is 36.3. The Hall–Kier alpha value is 0.407. The molecular formula is C65H136N2O2SSi. The maximum absolute atomic E-state index is 7.36. The van der Waals surface area contributed by atoms with Crippen LogP contribution in [0.25, 0.3) is 0 Å². The van der Waals surface area contributed by atoms with Crippen molar-refractivity contribution in [2.75, 3.05) is 58.2 Å². The van der Waals surface area contributed by atoms with Crippen LogP contribution in [0.5, 0.6) is 0 Å². The number of thiol groups is 1. The van der Waals surface area contributed by atoms with Crippen LogP contribution in [0.3, 0.4) is 0 Å². The average molecular weight is 1040 g/mol. The number of rotatable bonds is 64. The lowest BCUT2D eigenvalue weighted by Gasteiger charge is -2.33. The third-order valence-corrected chi connectivity index (χ3v) is 20.0. The lowest BCUT2D eigenvalue weighted by Crippen LogP contribution is -2.46. The van der Waals surface area contributed by atoms with Crippen molar-refractivity contribution in [3.63, 3.8) is 0 Å². The van der Waals surface area contributed by atoms with Crippen LogP contribution in [-0.4, -0.2) is 76.6 Å². The number of hydrogen-bond donors (Lipinski definition) is 1. The van der Waals surface area contributed by atoms with Crippen molar-refractivity contribution in [2.45, 2.75) is 361 Å². The van der Waals surface area contributed by atoms with Gasteiger partial charge in [-0.05, 0) is 76.1 Å². The highest BCUT2D eigenvalue weighted by molar-refractivity contribution is 7.80. The van der Waals surface area contributed by atoms with Gasteiger partial charge in [-0.25, -0.2) is 0 Å². The number of unbranched alkanes of at least 4 members (excludes halogenated alkanes) is 43. The summed E-state index contributed by atoms with van der Waals surface area (Å²) in [4.78, 5) is 5.62. The predicted molar refractivity (Wildman–Crippen MR) is 329 cm³/mol. The second kappa shape index (κ2) is 61.3. The summed E-state index contributed by atoms with van der Waals surface area (Å²) in [7, 11) is -2.40. The van der Waals surface area contributed by atoms with Crippen molar-refractivity contribution < 1.29 is 8.85 Å². The molecule has 0 rings (SSSR count). The highest BCUT2D eigenvalue weighted by Gasteiger charge is 2.37. The van der Waals surface area contributed by atoms with Crippen molar-refractivity contribution in [2.24, 2.45) is 0 Å². The van der Waals surface area contributed by atoms with Gasteiger partial charge in [-0.2, -0.15) is 12.6 Å². The molecule has 0 spiro atoms. The minimum Gasteiger partial charge on any atom is -0.393 e. The van der Waals surface area contributed by atoms with E-state index < -0.39 is 8.56 Å². The molecule has 71 heavy (non-hydrogen) atoms. The molecule has 0 amide bonds. The van der Waals surface area contributed by atoms with Crippen LogP contribution in [0.1, 0.15) is 349 Å². The zero-order valence-electron chi connectivity index (χ0n) is 50.1. The minimum absolute atomic E-state index is 0.853. The Morgan fingerprint density at radius 2 is 0.437 bits per heavy atom. The first kappa shape index (κ1) is 71.4. The Bertz CT molecular complexity index is 852. The largest absolute Gasteiger partial charge is 0.393 e. The molecule has 0 unspecified atom stereocenters. The SMILES string of the molecule is CCCCCCCCCCCCN(CCCCCCCCCCCC)CCO[Si](CCCS)(CCCCCCCCCC)OCCN(CCCCCCCCCCCC)CCCCCCCCCCCC. The van der Waals surface area contributed by atoms with E-state index in [0.717, 1.165) is 44.5 Å². The molecule has 0 aliphatic rings. The van der Waals surface area contributed by atoms with Gasteiger partial charge in [0.25, 0.3) is 0 Å². The molecule has 0 bridgehead atoms. The molecule has 0 heterocycles. The fourth-order valence-electron chi connectivity index (χ4n) is 11.0. The molecule has 0 atom stereocenters. The van der Waals surface area contributed by atoms with Crippen LogP contribution in [0.15, 0.2) is 0 Å². The van der Waals surface area contributed by atoms with E-state index in [4.69, 9.17) is 21.5 Å². The van der Waals surface area contributed by atoms with Gasteiger partial charge in [0.05, 0.1) is 0 Å². The van der Waals surface area contributed by atoms with Crippen molar-refractivity contribution >= 4 is 21.2 Å². The summed E-state index contributed by atoms with van der Waals surface area (Å²) in [6, 6.07) is 2.28. The van der Waals surface area contributed by atoms with Crippen molar-refractivity contribution in [1.82, 2.24) is 9.80 Å². The molecular weight excluding hydrogens is 901 g/mol. The van der Waals surface area contributed by atoms with Crippen molar-refractivity contribution in [3.05, 3.63) is 0 Å². The first-order valence-electron chi connectivity index (χ1n) is 33.4. The topological polar surface area (TPSA) is 24.9 Å². The summed E-state index contributed by atoms with van der Waals surface area (Å²) in [6.45, 7) is 20.5. The molecule has 0 radical (unpaired) electrons. The molecule has 0 aromatic heterocycles. The first-order chi connectivity index (χ1) is 35.1. The normalized spacial score (nSPS) is 12.2. The molecule has 0 aromatic carbocycles. The van der Waals surface area contributed by atoms with Gasteiger partial charge in [-0.15, -0.1) is 0 Å². The Balaban J connectivity index is 5.69. The van der Waals surface area contributed by atoms with E-state index in [1.54, 1.807) is 0 Å². The Morgan fingerprint density at radius 3 is 0.662 bits per heavy atom. The van der Waals surface area contributed by atoms with E-state index in [1.807, 2.05) is 0 Å². The van der Waals surface area contributed by atoms with Gasteiger partial charge < -0.3 is 18.7 Å². The average Bonchev–Trinajstić information content (AvgIpc) is 3.38. The van der Waals surface area contributed by atoms with Gasteiger partial charge in [0.15, 0.2) is 0 Å². The van der Waals surface area contributed by atoms with E-state index in [0.29, 0.717) is 0 Å². The van der Waals surface area contributed by atoms with Gasteiger partial charge in [0.1, 0.15) is 0 Å². The fourth-order valence-corrected chi connectivity index (χ4v) is 14.8. The number of hydrogen-bond acceptors (Lipinski definition) is 5. The van der Waals surface area contributed by atoms with Gasteiger partial charge >= 0.3 is 8.56 Å². The monoisotopic (exact) mass is 1040 g/mol. The van der Waals surface area contributed by atoms with E-state index >= 15 is 0 Å². The highest BCUT2D eigenvalue weighted by atomic mass is 32.1. The van der Waals surface area contributed by atoms with E-state index in [1.165, 1.54) is 340 Å². The van der Waals surface area contributed by atoms with Crippen LogP contribution in [0.4, 0.5) is 0 Å². The molecule has 0 aliphatic heterocycles. The van der Waals surface area contributed by atoms with Crippen LogP contribution in [-0.2, 0) is 8.85 Å². The Kier molecular flexibility index (Phi) is 61.6. The van der Waals surface area contributed by atoms with Gasteiger partial charge in [0, 0.05) is 26.3 Å². The van der Waals surface area contributed by atoms with Crippen molar-refractivity contribution in [3.8, 4) is 0 Å². The number of nitrogens with zero attached hydrogens (tertiary/aromatic N) is 2. The molecule has 0 saturated carbocycles. The van der Waals surface area contributed by atoms with Crippen LogP contribution in [0.2, 0.25) is 12.1 Å². The molecule has 0 N–H and O–H groups in total. The lowest BCUT2D eigenvalue weighted by molar-refractivity contribution is 0.122. The standard InChI is InChI=1S/C65H136N2O2SSi/c1-6-11-16-21-26-31-35-39-44-49-55-66(56-50-45-40-36-32-27-22-17-12-7-2)59-61-68-71(65-54-63-70,64-53-48-43-30-25-20-15-10-5)69-62-60-67(57-51-46-41-37-33-28-23-18-13-8-3)58-52-47-42-38-34-29-24-19-14-9-4/h70H,6-65H2,1-5H3. The summed E-state index contributed by atoms with van der Waals surface area (Å²) in [5.41, 5.74) is 0. The van der Waals surface area contributed by atoms with E-state index in [9.17, 15) is 0 Å². The zero-order valence-corrected chi connectivity index (χ0v) is 52.0. The molecule has 6 heteroatoms. The Labute approximate surface area is 457 Å². The summed E-state index contributed by atoms with van der Waals surface area (Å²) in [6.07, 6.45) is 68.5. The molecule has 0 fully saturated rings. The molecule has 4 nitrogen and oxygen atoms in total. The van der Waals surface area contributed by atoms with E-state index in [2.05, 4.69) is 44.4 Å². The van der Waals surface area contributed by atoms with Crippen molar-refractivity contribution in [1.29, 1.82) is 0 Å². The lowest BCUT2D eigenvalue weighted by atomic mass is 10.1. The maximum atomic E-state index is 7.36. The van der Waals surface area contributed by atoms with Gasteiger partial charge in [0.2, 0.25) is 0 Å². The summed E-state index contributed by atoms with van der Waals surface area (Å²) in [5, 5.41) is 0. The second-order valence-corrected chi connectivity index (χ2v) is 26.9. The molecule has 428 valence electrons. The van der Waals surface area contributed by atoms with Crippen LogP contribution >= 0.6 is 12.6 Å². The Morgan fingerprint density at radius 1 is 0.239 bits per heavy atom. The summed E-state index contributed by atoms with van der Waals surface area (Å²) >= 11 is 4.79. The molecule has 0 aromatic rings. The van der Waals surface area contributed by atoms with E-state index in [-0.39, 0.29) is 0 Å². The van der Waals surface area contributed by atoms with Crippen LogP contribution < -0.4 is 0 Å². The fraction of sp³-hybridized carbons (Fsp3) is 1.00. The summed E-state index contributed by atoms with van der Waals surface area (Å²) in [5.74, 6) is 0.937. The smallest absolute Gasteiger partial charge is 0.338 e. The van der Waals surface area contributed by atoms with Gasteiger partial charge in [-0.1, -0.05) is 317 Å². The highest BCUT2D eigenvalue weighted by Crippen LogP contribution is 2.26. The zero-order chi connectivity index (χ0) is 51.5.